The van der Waals surface area contributed by atoms with Gasteiger partial charge in [0.05, 0.1) is 11.3 Å². The molecule has 0 aliphatic heterocycles. The quantitative estimate of drug-likeness (QED) is 0.532. The lowest BCUT2D eigenvalue weighted by Crippen LogP contribution is -2.51. The van der Waals surface area contributed by atoms with Crippen molar-refractivity contribution in [3.8, 4) is 0 Å². The first kappa shape index (κ1) is 10.9. The third kappa shape index (κ3) is 1.32. The van der Waals surface area contributed by atoms with Crippen molar-refractivity contribution in [1.82, 2.24) is 4.90 Å². The van der Waals surface area contributed by atoms with Crippen molar-refractivity contribution in [2.45, 2.75) is 39.2 Å². The number of fused-ring (bicyclic) bond motifs is 1. The Labute approximate surface area is 92.1 Å². The van der Waals surface area contributed by atoms with Crippen LogP contribution in [0.1, 0.15) is 33.6 Å². The largest absolute Gasteiger partial charge is 0.411 e. The molecule has 1 N–H and O–H groups in total. The van der Waals surface area contributed by atoms with E-state index in [1.54, 1.807) is 0 Å². The van der Waals surface area contributed by atoms with Crippen LogP contribution in [0.3, 0.4) is 0 Å². The highest BCUT2D eigenvalue weighted by atomic mass is 16.4. The van der Waals surface area contributed by atoms with E-state index >= 15 is 0 Å². The summed E-state index contributed by atoms with van der Waals surface area (Å²) in [7, 11) is 4.14. The lowest BCUT2D eigenvalue weighted by molar-refractivity contribution is 0.197. The van der Waals surface area contributed by atoms with E-state index in [4.69, 9.17) is 5.21 Å². The highest BCUT2D eigenvalue weighted by molar-refractivity contribution is 5.94. The van der Waals surface area contributed by atoms with E-state index in [-0.39, 0.29) is 5.54 Å². The minimum Gasteiger partial charge on any atom is -0.411 e. The van der Waals surface area contributed by atoms with Crippen LogP contribution in [0.5, 0.6) is 0 Å². The predicted octanol–water partition coefficient (Wildman–Crippen LogP) is 2.20. The maximum Gasteiger partial charge on any atom is 0.0773 e. The topological polar surface area (TPSA) is 35.8 Å². The summed E-state index contributed by atoms with van der Waals surface area (Å²) in [5.41, 5.74) is 1.35. The van der Waals surface area contributed by atoms with Gasteiger partial charge in [-0.05, 0) is 51.1 Å². The Hall–Kier alpha value is -0.570. The van der Waals surface area contributed by atoms with Gasteiger partial charge < -0.3 is 5.21 Å². The van der Waals surface area contributed by atoms with Gasteiger partial charge in [0.15, 0.2) is 0 Å². The van der Waals surface area contributed by atoms with Gasteiger partial charge in [0.2, 0.25) is 0 Å². The molecule has 15 heavy (non-hydrogen) atoms. The minimum atomic E-state index is -0.0519. The molecule has 0 unspecified atom stereocenters. The van der Waals surface area contributed by atoms with Crippen molar-refractivity contribution in [3.05, 3.63) is 0 Å². The number of hydrogen-bond acceptors (Lipinski definition) is 3. The molecule has 0 aromatic heterocycles. The molecule has 0 bridgehead atoms. The molecular weight excluding hydrogens is 188 g/mol. The van der Waals surface area contributed by atoms with Crippen LogP contribution < -0.4 is 0 Å². The number of nitrogens with zero attached hydrogens (tertiary/aromatic N) is 2. The summed E-state index contributed by atoms with van der Waals surface area (Å²) in [5.74, 6) is 1.53. The van der Waals surface area contributed by atoms with Gasteiger partial charge in [-0.3, -0.25) is 4.90 Å². The van der Waals surface area contributed by atoms with Crippen molar-refractivity contribution >= 4 is 5.71 Å². The first-order valence-corrected chi connectivity index (χ1v) is 5.73. The molecule has 3 nitrogen and oxygen atoms in total. The molecule has 2 aliphatic rings. The van der Waals surface area contributed by atoms with Gasteiger partial charge in [-0.1, -0.05) is 19.0 Å². The molecular formula is C12H22N2O. The number of oxime groups is 1. The summed E-state index contributed by atoms with van der Waals surface area (Å²) in [6, 6.07) is 0. The molecule has 2 saturated carbocycles. The van der Waals surface area contributed by atoms with E-state index in [9.17, 15) is 0 Å². The average Bonchev–Trinajstić information content (AvgIpc) is 2.66. The molecule has 2 aliphatic carbocycles. The molecule has 0 amide bonds. The molecule has 3 heteroatoms. The second kappa shape index (κ2) is 2.97. The molecule has 2 rings (SSSR count). The Morgan fingerprint density at radius 1 is 1.27 bits per heavy atom. The van der Waals surface area contributed by atoms with Crippen molar-refractivity contribution < 1.29 is 5.21 Å². The molecule has 0 aromatic rings. The van der Waals surface area contributed by atoms with Crippen LogP contribution in [-0.4, -0.2) is 35.5 Å². The van der Waals surface area contributed by atoms with E-state index in [1.165, 1.54) is 0 Å². The zero-order valence-corrected chi connectivity index (χ0v) is 10.4. The highest BCUT2D eigenvalue weighted by Crippen LogP contribution is 2.66. The molecule has 0 aromatic carbocycles. The Kier molecular flexibility index (Phi) is 2.16. The van der Waals surface area contributed by atoms with Crippen LogP contribution in [0.25, 0.3) is 0 Å². The molecule has 2 fully saturated rings. The number of hydrogen-bond donors (Lipinski definition) is 1. The second-order valence-corrected chi connectivity index (χ2v) is 6.16. The van der Waals surface area contributed by atoms with Gasteiger partial charge in [0.1, 0.15) is 0 Å². The van der Waals surface area contributed by atoms with Gasteiger partial charge in [-0.2, -0.15) is 0 Å². The fraction of sp³-hybridized carbons (Fsp3) is 0.917. The average molecular weight is 210 g/mol. The molecule has 0 spiro atoms. The summed E-state index contributed by atoms with van der Waals surface area (Å²) in [4.78, 5) is 2.19. The summed E-state index contributed by atoms with van der Waals surface area (Å²) >= 11 is 0. The molecule has 3 atom stereocenters. The van der Waals surface area contributed by atoms with Crippen LogP contribution in [0.4, 0.5) is 0 Å². The molecule has 0 heterocycles. The van der Waals surface area contributed by atoms with Crippen LogP contribution in [0.15, 0.2) is 5.16 Å². The molecule has 0 radical (unpaired) electrons. The summed E-state index contributed by atoms with van der Waals surface area (Å²) in [6.07, 6.45) is 2.08. The van der Waals surface area contributed by atoms with Crippen LogP contribution in [0, 0.1) is 17.3 Å². The van der Waals surface area contributed by atoms with Crippen LogP contribution in [-0.2, 0) is 0 Å². The Bertz CT molecular complexity index is 309. The Balaban J connectivity index is 2.27. The van der Waals surface area contributed by atoms with Crippen molar-refractivity contribution in [3.63, 3.8) is 0 Å². The van der Waals surface area contributed by atoms with Crippen LogP contribution in [0.2, 0.25) is 0 Å². The maximum atomic E-state index is 9.14. The van der Waals surface area contributed by atoms with Gasteiger partial charge in [0, 0.05) is 0 Å². The third-order valence-electron chi connectivity index (χ3n) is 5.05. The van der Waals surface area contributed by atoms with Gasteiger partial charge in [0.25, 0.3) is 0 Å². The summed E-state index contributed by atoms with van der Waals surface area (Å²) in [5, 5.41) is 12.7. The molecule has 86 valence electrons. The normalized spacial score (nSPS) is 45.6. The first-order valence-electron chi connectivity index (χ1n) is 5.73. The van der Waals surface area contributed by atoms with Gasteiger partial charge in [-0.15, -0.1) is 0 Å². The van der Waals surface area contributed by atoms with Gasteiger partial charge in [-0.25, -0.2) is 0 Å². The monoisotopic (exact) mass is 210 g/mol. The Morgan fingerprint density at radius 2 is 1.87 bits per heavy atom. The van der Waals surface area contributed by atoms with E-state index in [0.717, 1.165) is 30.4 Å². The predicted molar refractivity (Wildman–Crippen MR) is 61.3 cm³/mol. The lowest BCUT2D eigenvalue weighted by atomic mass is 9.80. The van der Waals surface area contributed by atoms with E-state index in [0.29, 0.717) is 5.41 Å². The SMILES string of the molecule is CN(C)[C@@]1(C)C[C@H]2[C@@H](C/C1=N\O)C2(C)C. The number of rotatable bonds is 1. The van der Waals surface area contributed by atoms with E-state index in [2.05, 4.69) is 44.9 Å². The molecule has 0 saturated heterocycles. The zero-order valence-electron chi connectivity index (χ0n) is 10.4. The summed E-state index contributed by atoms with van der Waals surface area (Å²) in [6.45, 7) is 6.85. The summed E-state index contributed by atoms with van der Waals surface area (Å²) < 4.78 is 0. The third-order valence-corrected chi connectivity index (χ3v) is 5.05. The van der Waals surface area contributed by atoms with E-state index < -0.39 is 0 Å². The maximum absolute atomic E-state index is 9.14. The fourth-order valence-electron chi connectivity index (χ4n) is 3.23. The second-order valence-electron chi connectivity index (χ2n) is 6.16. The smallest absolute Gasteiger partial charge is 0.0773 e. The standard InChI is InChI=1S/C12H22N2O/c1-11(2)8-6-10(13-15)12(3,14(4)5)7-9(8)11/h8-9,15H,6-7H2,1-5H3/b13-10+/t8-,9+,12+/m1/s1. The van der Waals surface area contributed by atoms with Crippen molar-refractivity contribution in [2.24, 2.45) is 22.4 Å². The van der Waals surface area contributed by atoms with Crippen molar-refractivity contribution in [2.75, 3.05) is 14.1 Å². The zero-order chi connectivity index (χ0) is 11.4. The van der Waals surface area contributed by atoms with Gasteiger partial charge >= 0.3 is 0 Å². The first-order chi connectivity index (χ1) is 6.84. The van der Waals surface area contributed by atoms with E-state index in [1.807, 2.05) is 0 Å². The Morgan fingerprint density at radius 3 is 2.33 bits per heavy atom. The fourth-order valence-corrected chi connectivity index (χ4v) is 3.23. The minimum absolute atomic E-state index is 0.0519. The van der Waals surface area contributed by atoms with Crippen LogP contribution >= 0.6 is 0 Å². The lowest BCUT2D eigenvalue weighted by Gasteiger charge is -2.39. The van der Waals surface area contributed by atoms with Crippen molar-refractivity contribution in [1.29, 1.82) is 0 Å². The highest BCUT2D eigenvalue weighted by Gasteiger charge is 2.63.